The van der Waals surface area contributed by atoms with Crippen LogP contribution in [0.3, 0.4) is 0 Å². The zero-order valence-electron chi connectivity index (χ0n) is 10.7. The Hall–Kier alpha value is -2.57. The number of hydrogen-bond donors (Lipinski definition) is 1. The van der Waals surface area contributed by atoms with E-state index in [0.29, 0.717) is 6.07 Å². The summed E-state index contributed by atoms with van der Waals surface area (Å²) in [5.74, 6) is -6.36. The number of halogens is 4. The Labute approximate surface area is 117 Å². The molecule has 0 unspecified atom stereocenters. The Kier molecular flexibility index (Phi) is 4.11. The number of ether oxygens (including phenoxy) is 1. The van der Waals surface area contributed by atoms with Gasteiger partial charge in [0.25, 0.3) is 5.91 Å². The quantitative estimate of drug-likeness (QED) is 0.696. The van der Waals surface area contributed by atoms with E-state index in [1.54, 1.807) is 0 Å². The first-order valence-electron chi connectivity index (χ1n) is 5.72. The standard InChI is InChI=1S/C14H9F4NO2/c1-21-7-2-3-8(10(16)6-7)14(20)19-11-5-4-9(15)12(17)13(11)18/h2-6H,1H3,(H,19,20). The van der Waals surface area contributed by atoms with Gasteiger partial charge in [-0.05, 0) is 24.3 Å². The summed E-state index contributed by atoms with van der Waals surface area (Å²) in [5.41, 5.74) is -0.978. The van der Waals surface area contributed by atoms with Crippen LogP contribution in [0.15, 0.2) is 30.3 Å². The van der Waals surface area contributed by atoms with Crippen LogP contribution in [0.5, 0.6) is 5.75 Å². The van der Waals surface area contributed by atoms with Crippen molar-refractivity contribution >= 4 is 11.6 Å². The highest BCUT2D eigenvalue weighted by molar-refractivity contribution is 6.04. The van der Waals surface area contributed by atoms with Gasteiger partial charge in [0, 0.05) is 6.07 Å². The summed E-state index contributed by atoms with van der Waals surface area (Å²) in [6.45, 7) is 0. The van der Waals surface area contributed by atoms with Gasteiger partial charge >= 0.3 is 0 Å². The molecule has 0 atom stereocenters. The summed E-state index contributed by atoms with van der Waals surface area (Å²) in [6, 6.07) is 4.92. The lowest BCUT2D eigenvalue weighted by Crippen LogP contribution is -2.15. The molecule has 0 bridgehead atoms. The van der Waals surface area contributed by atoms with Crippen LogP contribution in [-0.2, 0) is 0 Å². The lowest BCUT2D eigenvalue weighted by Gasteiger charge is -2.09. The van der Waals surface area contributed by atoms with Gasteiger partial charge in [-0.15, -0.1) is 0 Å². The van der Waals surface area contributed by atoms with Crippen molar-refractivity contribution < 1.29 is 27.1 Å². The van der Waals surface area contributed by atoms with Gasteiger partial charge in [0.1, 0.15) is 11.6 Å². The molecular weight excluding hydrogens is 290 g/mol. The first-order chi connectivity index (χ1) is 9.93. The van der Waals surface area contributed by atoms with Crippen LogP contribution in [0.4, 0.5) is 23.2 Å². The number of carbonyl (C=O) groups excluding carboxylic acids is 1. The molecule has 0 radical (unpaired) electrons. The molecule has 2 aromatic rings. The minimum atomic E-state index is -1.72. The molecule has 3 nitrogen and oxygen atoms in total. The molecule has 21 heavy (non-hydrogen) atoms. The number of benzene rings is 2. The second kappa shape index (κ2) is 5.82. The number of amides is 1. The van der Waals surface area contributed by atoms with Crippen LogP contribution in [0.25, 0.3) is 0 Å². The van der Waals surface area contributed by atoms with Crippen molar-refractivity contribution in [3.05, 3.63) is 59.2 Å². The smallest absolute Gasteiger partial charge is 0.258 e. The summed E-state index contributed by atoms with van der Waals surface area (Å²) >= 11 is 0. The van der Waals surface area contributed by atoms with Gasteiger partial charge in [0.15, 0.2) is 17.5 Å². The third-order valence-corrected chi connectivity index (χ3v) is 2.70. The van der Waals surface area contributed by atoms with Crippen molar-refractivity contribution in [3.63, 3.8) is 0 Å². The van der Waals surface area contributed by atoms with Crippen molar-refractivity contribution in [1.29, 1.82) is 0 Å². The van der Waals surface area contributed by atoms with Gasteiger partial charge in [0.05, 0.1) is 18.4 Å². The zero-order chi connectivity index (χ0) is 15.6. The maximum Gasteiger partial charge on any atom is 0.258 e. The summed E-state index contributed by atoms with van der Waals surface area (Å²) in [5, 5.41) is 1.97. The molecule has 1 amide bonds. The van der Waals surface area contributed by atoms with E-state index < -0.39 is 34.9 Å². The normalized spacial score (nSPS) is 10.3. The number of hydrogen-bond acceptors (Lipinski definition) is 2. The van der Waals surface area contributed by atoms with Crippen LogP contribution in [-0.4, -0.2) is 13.0 Å². The van der Waals surface area contributed by atoms with Crippen molar-refractivity contribution in [2.45, 2.75) is 0 Å². The molecule has 7 heteroatoms. The fourth-order valence-corrected chi connectivity index (χ4v) is 1.62. The number of nitrogens with one attached hydrogen (secondary N) is 1. The maximum absolute atomic E-state index is 13.7. The largest absolute Gasteiger partial charge is 0.497 e. The predicted molar refractivity (Wildman–Crippen MR) is 67.2 cm³/mol. The molecule has 0 spiro atoms. The van der Waals surface area contributed by atoms with E-state index in [-0.39, 0.29) is 11.3 Å². The lowest BCUT2D eigenvalue weighted by molar-refractivity contribution is 0.102. The van der Waals surface area contributed by atoms with E-state index in [1.165, 1.54) is 13.2 Å². The monoisotopic (exact) mass is 299 g/mol. The second-order valence-electron chi connectivity index (χ2n) is 4.02. The van der Waals surface area contributed by atoms with Crippen molar-refractivity contribution in [2.24, 2.45) is 0 Å². The van der Waals surface area contributed by atoms with E-state index in [0.717, 1.165) is 18.2 Å². The zero-order valence-corrected chi connectivity index (χ0v) is 10.7. The van der Waals surface area contributed by atoms with Crippen LogP contribution in [0.1, 0.15) is 10.4 Å². The average Bonchev–Trinajstić information content (AvgIpc) is 2.47. The molecule has 110 valence electrons. The Morgan fingerprint density at radius 3 is 2.33 bits per heavy atom. The Bertz CT molecular complexity index is 704. The van der Waals surface area contributed by atoms with Crippen molar-refractivity contribution in [2.75, 3.05) is 12.4 Å². The van der Waals surface area contributed by atoms with Crippen LogP contribution < -0.4 is 10.1 Å². The number of rotatable bonds is 3. The van der Waals surface area contributed by atoms with Gasteiger partial charge in [-0.1, -0.05) is 0 Å². The molecule has 0 heterocycles. The van der Waals surface area contributed by atoms with Crippen molar-refractivity contribution in [1.82, 2.24) is 0 Å². The molecule has 0 saturated heterocycles. The number of anilines is 1. The van der Waals surface area contributed by atoms with Gasteiger partial charge in [-0.3, -0.25) is 4.79 Å². The van der Waals surface area contributed by atoms with Crippen LogP contribution >= 0.6 is 0 Å². The molecule has 0 aliphatic heterocycles. The number of carbonyl (C=O) groups is 1. The van der Waals surface area contributed by atoms with Gasteiger partial charge in [-0.25, -0.2) is 17.6 Å². The molecule has 0 aliphatic carbocycles. The minimum absolute atomic E-state index is 0.197. The first kappa shape index (κ1) is 14.8. The van der Waals surface area contributed by atoms with E-state index in [2.05, 4.69) is 0 Å². The predicted octanol–water partition coefficient (Wildman–Crippen LogP) is 3.50. The fourth-order valence-electron chi connectivity index (χ4n) is 1.62. The van der Waals surface area contributed by atoms with E-state index in [9.17, 15) is 22.4 Å². The van der Waals surface area contributed by atoms with E-state index in [4.69, 9.17) is 4.74 Å². The van der Waals surface area contributed by atoms with E-state index in [1.807, 2.05) is 5.32 Å². The third-order valence-electron chi connectivity index (χ3n) is 2.70. The summed E-state index contributed by atoms with van der Waals surface area (Å²) in [7, 11) is 1.32. The van der Waals surface area contributed by atoms with Gasteiger partial charge in [-0.2, -0.15) is 0 Å². The highest BCUT2D eigenvalue weighted by Crippen LogP contribution is 2.22. The average molecular weight is 299 g/mol. The molecule has 0 fully saturated rings. The summed E-state index contributed by atoms with van der Waals surface area (Å²) in [6.07, 6.45) is 0. The topological polar surface area (TPSA) is 38.3 Å². The Morgan fingerprint density at radius 2 is 1.71 bits per heavy atom. The van der Waals surface area contributed by atoms with Crippen LogP contribution in [0, 0.1) is 23.3 Å². The Morgan fingerprint density at radius 1 is 1.00 bits per heavy atom. The molecular formula is C14H9F4NO2. The third kappa shape index (κ3) is 2.96. The molecule has 2 aromatic carbocycles. The maximum atomic E-state index is 13.7. The summed E-state index contributed by atoms with van der Waals surface area (Å²) in [4.78, 5) is 11.8. The Balaban J connectivity index is 2.28. The number of methoxy groups -OCH3 is 1. The first-order valence-corrected chi connectivity index (χ1v) is 5.72. The van der Waals surface area contributed by atoms with Crippen molar-refractivity contribution in [3.8, 4) is 5.75 Å². The fraction of sp³-hybridized carbons (Fsp3) is 0.0714. The molecule has 2 rings (SSSR count). The highest BCUT2D eigenvalue weighted by atomic mass is 19.2. The summed E-state index contributed by atoms with van der Waals surface area (Å²) < 4.78 is 57.6. The van der Waals surface area contributed by atoms with E-state index >= 15 is 0 Å². The van der Waals surface area contributed by atoms with Crippen LogP contribution in [0.2, 0.25) is 0 Å². The van der Waals surface area contributed by atoms with Gasteiger partial charge in [0.2, 0.25) is 0 Å². The lowest BCUT2D eigenvalue weighted by atomic mass is 10.2. The molecule has 0 saturated carbocycles. The second-order valence-corrected chi connectivity index (χ2v) is 4.02. The molecule has 0 aromatic heterocycles. The molecule has 1 N–H and O–H groups in total. The minimum Gasteiger partial charge on any atom is -0.497 e. The SMILES string of the molecule is COc1ccc(C(=O)Nc2ccc(F)c(F)c2F)c(F)c1. The van der Waals surface area contributed by atoms with Gasteiger partial charge < -0.3 is 10.1 Å². The molecule has 0 aliphatic rings. The highest BCUT2D eigenvalue weighted by Gasteiger charge is 2.18.